The highest BCUT2D eigenvalue weighted by molar-refractivity contribution is 5.90. The number of hydrogen-bond acceptors (Lipinski definition) is 2. The number of carbonyl (C=O) groups excluding carboxylic acids is 1. The van der Waals surface area contributed by atoms with E-state index >= 15 is 0 Å². The molecule has 2 aromatic rings. The van der Waals surface area contributed by atoms with Gasteiger partial charge >= 0.3 is 0 Å². The van der Waals surface area contributed by atoms with Gasteiger partial charge in [0.1, 0.15) is 0 Å². The predicted molar refractivity (Wildman–Crippen MR) is 76.4 cm³/mol. The minimum atomic E-state index is -2.61. The zero-order valence-corrected chi connectivity index (χ0v) is 11.8. The van der Waals surface area contributed by atoms with Crippen LogP contribution in [0.1, 0.15) is 11.3 Å². The normalized spacial score (nSPS) is 11.3. The number of alkyl halides is 2. The molecule has 2 rings (SSSR count). The molecule has 0 atom stereocenters. The molecule has 1 heterocycles. The van der Waals surface area contributed by atoms with Crippen LogP contribution in [-0.4, -0.2) is 47.0 Å². The number of nitrogens with zero attached hydrogens (tertiary/aromatic N) is 1. The third-order valence-corrected chi connectivity index (χ3v) is 3.44. The van der Waals surface area contributed by atoms with Crippen molar-refractivity contribution in [3.63, 3.8) is 0 Å². The number of H-pyrrole nitrogens is 1. The first-order valence-electron chi connectivity index (χ1n) is 6.76. The van der Waals surface area contributed by atoms with Crippen LogP contribution in [0.5, 0.6) is 0 Å². The van der Waals surface area contributed by atoms with Crippen molar-refractivity contribution in [2.75, 3.05) is 19.7 Å². The lowest BCUT2D eigenvalue weighted by molar-refractivity contribution is -0.132. The average Bonchev–Trinajstić information content (AvgIpc) is 2.74. The smallest absolute Gasteiger partial charge is 0.255 e. The highest BCUT2D eigenvalue weighted by Crippen LogP contribution is 2.22. The fourth-order valence-corrected chi connectivity index (χ4v) is 2.43. The zero-order valence-electron chi connectivity index (χ0n) is 11.8. The summed E-state index contributed by atoms with van der Waals surface area (Å²) >= 11 is 0. The molecule has 6 heteroatoms. The molecule has 2 N–H and O–H groups in total. The molecular weight excluding hydrogens is 278 g/mol. The summed E-state index contributed by atoms with van der Waals surface area (Å²) in [4.78, 5) is 16.4. The van der Waals surface area contributed by atoms with Crippen molar-refractivity contribution < 1.29 is 18.7 Å². The SMILES string of the molecule is Cc1[nH]c2ccccc2c1CC(=O)N(CCO)CC(F)F. The van der Waals surface area contributed by atoms with Crippen LogP contribution >= 0.6 is 0 Å². The fraction of sp³-hybridized carbons (Fsp3) is 0.400. The summed E-state index contributed by atoms with van der Waals surface area (Å²) in [5, 5.41) is 9.83. The predicted octanol–water partition coefficient (Wildman–Crippen LogP) is 2.10. The van der Waals surface area contributed by atoms with Gasteiger partial charge in [-0.05, 0) is 18.6 Å². The van der Waals surface area contributed by atoms with Gasteiger partial charge in [-0.15, -0.1) is 0 Å². The van der Waals surface area contributed by atoms with Crippen LogP contribution in [-0.2, 0) is 11.2 Å². The van der Waals surface area contributed by atoms with Crippen LogP contribution in [0.15, 0.2) is 24.3 Å². The second-order valence-electron chi connectivity index (χ2n) is 4.91. The largest absolute Gasteiger partial charge is 0.395 e. The molecule has 0 bridgehead atoms. The molecule has 0 saturated carbocycles. The summed E-state index contributed by atoms with van der Waals surface area (Å²) < 4.78 is 25.0. The summed E-state index contributed by atoms with van der Waals surface area (Å²) in [7, 11) is 0. The maximum Gasteiger partial charge on any atom is 0.255 e. The van der Waals surface area contributed by atoms with Crippen LogP contribution in [0.2, 0.25) is 0 Å². The molecule has 0 aliphatic carbocycles. The van der Waals surface area contributed by atoms with E-state index in [4.69, 9.17) is 5.11 Å². The van der Waals surface area contributed by atoms with E-state index in [2.05, 4.69) is 4.98 Å². The molecule has 0 radical (unpaired) electrons. The van der Waals surface area contributed by atoms with Gasteiger partial charge in [0.25, 0.3) is 6.43 Å². The molecule has 0 aliphatic heterocycles. The summed E-state index contributed by atoms with van der Waals surface area (Å²) in [5.74, 6) is -0.405. The van der Waals surface area contributed by atoms with Crippen molar-refractivity contribution in [3.05, 3.63) is 35.5 Å². The third kappa shape index (κ3) is 3.58. The Morgan fingerprint density at radius 1 is 1.38 bits per heavy atom. The van der Waals surface area contributed by atoms with Crippen LogP contribution in [0.3, 0.4) is 0 Å². The molecule has 0 aliphatic rings. The molecule has 4 nitrogen and oxygen atoms in total. The van der Waals surface area contributed by atoms with Gasteiger partial charge in [-0.3, -0.25) is 4.79 Å². The van der Waals surface area contributed by atoms with Gasteiger partial charge in [0, 0.05) is 23.1 Å². The average molecular weight is 296 g/mol. The number of nitrogens with one attached hydrogen (secondary N) is 1. The Morgan fingerprint density at radius 3 is 2.76 bits per heavy atom. The second-order valence-corrected chi connectivity index (χ2v) is 4.91. The van der Waals surface area contributed by atoms with Crippen molar-refractivity contribution in [2.45, 2.75) is 19.8 Å². The topological polar surface area (TPSA) is 56.3 Å². The molecule has 1 amide bonds. The van der Waals surface area contributed by atoms with E-state index in [-0.39, 0.29) is 19.6 Å². The van der Waals surface area contributed by atoms with E-state index in [1.807, 2.05) is 31.2 Å². The van der Waals surface area contributed by atoms with Gasteiger partial charge in [-0.25, -0.2) is 8.78 Å². The lowest BCUT2D eigenvalue weighted by Gasteiger charge is -2.21. The quantitative estimate of drug-likeness (QED) is 0.857. The van der Waals surface area contributed by atoms with Gasteiger partial charge in [-0.2, -0.15) is 0 Å². The number of aliphatic hydroxyl groups excluding tert-OH is 1. The number of benzene rings is 1. The number of rotatable bonds is 6. The molecule has 0 saturated heterocycles. The number of carbonyl (C=O) groups is 1. The Bertz CT molecular complexity index is 625. The summed E-state index contributed by atoms with van der Waals surface area (Å²) in [6.45, 7) is 0.794. The van der Waals surface area contributed by atoms with E-state index < -0.39 is 18.9 Å². The molecule has 21 heavy (non-hydrogen) atoms. The number of para-hydroxylation sites is 1. The molecule has 0 fully saturated rings. The minimum Gasteiger partial charge on any atom is -0.395 e. The lowest BCUT2D eigenvalue weighted by atomic mass is 10.1. The Balaban J connectivity index is 2.21. The van der Waals surface area contributed by atoms with E-state index in [0.717, 1.165) is 27.1 Å². The number of halogens is 2. The van der Waals surface area contributed by atoms with Gasteiger partial charge in [0.2, 0.25) is 5.91 Å². The van der Waals surface area contributed by atoms with E-state index in [1.54, 1.807) is 0 Å². The van der Waals surface area contributed by atoms with E-state index in [0.29, 0.717) is 0 Å². The van der Waals surface area contributed by atoms with Gasteiger partial charge < -0.3 is 15.0 Å². The number of aliphatic hydroxyl groups is 1. The van der Waals surface area contributed by atoms with Crippen LogP contribution in [0.4, 0.5) is 8.78 Å². The van der Waals surface area contributed by atoms with Crippen molar-refractivity contribution >= 4 is 16.8 Å². The van der Waals surface area contributed by atoms with Gasteiger partial charge in [0.15, 0.2) is 0 Å². The maximum atomic E-state index is 12.5. The lowest BCUT2D eigenvalue weighted by Crippen LogP contribution is -2.38. The molecule has 1 aromatic carbocycles. The number of aromatic amines is 1. The first-order chi connectivity index (χ1) is 10.0. The van der Waals surface area contributed by atoms with Crippen molar-refractivity contribution in [1.82, 2.24) is 9.88 Å². The minimum absolute atomic E-state index is 0.0442. The van der Waals surface area contributed by atoms with Crippen molar-refractivity contribution in [1.29, 1.82) is 0 Å². The Kier molecular flexibility index (Phi) is 4.90. The zero-order chi connectivity index (χ0) is 15.4. The Labute approximate surface area is 121 Å². The summed E-state index contributed by atoms with van der Waals surface area (Å²) in [6, 6.07) is 7.55. The first kappa shape index (κ1) is 15.4. The second kappa shape index (κ2) is 6.67. The number of aromatic nitrogens is 1. The standard InChI is InChI=1S/C15H18F2N2O2/c1-10-12(11-4-2-3-5-13(11)18-10)8-15(21)19(6-7-20)9-14(16)17/h2-5,14,18,20H,6-9H2,1H3. The molecule has 0 unspecified atom stereocenters. The van der Waals surface area contributed by atoms with Crippen LogP contribution in [0, 0.1) is 6.92 Å². The van der Waals surface area contributed by atoms with E-state index in [1.165, 1.54) is 0 Å². The highest BCUT2D eigenvalue weighted by Gasteiger charge is 2.20. The third-order valence-electron chi connectivity index (χ3n) is 3.44. The summed E-state index contributed by atoms with van der Waals surface area (Å²) in [5.41, 5.74) is 2.58. The van der Waals surface area contributed by atoms with E-state index in [9.17, 15) is 13.6 Å². The molecule has 0 spiro atoms. The maximum absolute atomic E-state index is 12.5. The fourth-order valence-electron chi connectivity index (χ4n) is 2.43. The highest BCUT2D eigenvalue weighted by atomic mass is 19.3. The van der Waals surface area contributed by atoms with Gasteiger partial charge in [-0.1, -0.05) is 18.2 Å². The van der Waals surface area contributed by atoms with Crippen LogP contribution in [0.25, 0.3) is 10.9 Å². The Morgan fingerprint density at radius 2 is 2.10 bits per heavy atom. The number of fused-ring (bicyclic) bond motifs is 1. The molecule has 114 valence electrons. The first-order valence-corrected chi connectivity index (χ1v) is 6.76. The summed E-state index contributed by atoms with van der Waals surface area (Å²) in [6.07, 6.45) is -2.56. The van der Waals surface area contributed by atoms with Gasteiger partial charge in [0.05, 0.1) is 19.6 Å². The number of hydrogen-bond donors (Lipinski definition) is 2. The monoisotopic (exact) mass is 296 g/mol. The number of aryl methyl sites for hydroxylation is 1. The number of amides is 1. The molecular formula is C15H18F2N2O2. The van der Waals surface area contributed by atoms with Crippen LogP contribution < -0.4 is 0 Å². The molecule has 1 aromatic heterocycles. The van der Waals surface area contributed by atoms with Crippen molar-refractivity contribution in [3.8, 4) is 0 Å². The van der Waals surface area contributed by atoms with Crippen molar-refractivity contribution in [2.24, 2.45) is 0 Å². The Hall–Kier alpha value is -1.95.